The summed E-state index contributed by atoms with van der Waals surface area (Å²) in [5, 5.41) is 8.85. The predicted molar refractivity (Wildman–Crippen MR) is 97.3 cm³/mol. The SMILES string of the molecule is CCNC(=NCc1ccc(OC)cc1OC)NCC(=O)NCCOC. The number of ether oxygens (including phenoxy) is 3. The molecule has 3 N–H and O–H groups in total. The number of hydrogen-bond donors (Lipinski definition) is 3. The minimum Gasteiger partial charge on any atom is -0.497 e. The zero-order chi connectivity index (χ0) is 18.5. The van der Waals surface area contributed by atoms with E-state index in [0.29, 0.717) is 38.0 Å². The molecule has 0 aliphatic carbocycles. The summed E-state index contributed by atoms with van der Waals surface area (Å²) in [5.41, 5.74) is 0.921. The van der Waals surface area contributed by atoms with Gasteiger partial charge in [-0.15, -0.1) is 0 Å². The highest BCUT2D eigenvalue weighted by molar-refractivity contribution is 5.86. The minimum absolute atomic E-state index is 0.121. The predicted octanol–water partition coefficient (Wildman–Crippen LogP) is 0.522. The molecule has 1 aromatic carbocycles. The molecule has 0 radical (unpaired) electrons. The van der Waals surface area contributed by atoms with Crippen LogP contribution in [0.2, 0.25) is 0 Å². The number of carbonyl (C=O) groups excluding carboxylic acids is 1. The van der Waals surface area contributed by atoms with Crippen LogP contribution in [0.1, 0.15) is 12.5 Å². The molecule has 140 valence electrons. The molecule has 0 bridgehead atoms. The molecule has 1 aromatic rings. The monoisotopic (exact) mass is 352 g/mol. The lowest BCUT2D eigenvalue weighted by Crippen LogP contribution is -2.43. The number of guanidine groups is 1. The van der Waals surface area contributed by atoms with E-state index in [0.717, 1.165) is 11.3 Å². The highest BCUT2D eigenvalue weighted by Gasteiger charge is 2.06. The van der Waals surface area contributed by atoms with Crippen molar-refractivity contribution < 1.29 is 19.0 Å². The van der Waals surface area contributed by atoms with Gasteiger partial charge in [-0.1, -0.05) is 0 Å². The van der Waals surface area contributed by atoms with Crippen molar-refractivity contribution in [2.75, 3.05) is 47.6 Å². The molecule has 25 heavy (non-hydrogen) atoms. The van der Waals surface area contributed by atoms with Crippen LogP contribution >= 0.6 is 0 Å². The van der Waals surface area contributed by atoms with Crippen LogP contribution in [0.4, 0.5) is 0 Å². The summed E-state index contributed by atoms with van der Waals surface area (Å²) in [7, 11) is 4.81. The van der Waals surface area contributed by atoms with Crippen LogP contribution in [0.25, 0.3) is 0 Å². The average Bonchev–Trinajstić information content (AvgIpc) is 2.64. The lowest BCUT2D eigenvalue weighted by atomic mass is 10.2. The molecule has 0 heterocycles. The fourth-order valence-electron chi connectivity index (χ4n) is 2.01. The fraction of sp³-hybridized carbons (Fsp3) is 0.529. The van der Waals surface area contributed by atoms with Crippen LogP contribution in [0, 0.1) is 0 Å². The van der Waals surface area contributed by atoms with Gasteiger partial charge in [0.2, 0.25) is 5.91 Å². The Balaban J connectivity index is 2.64. The first kappa shape index (κ1) is 20.6. The first-order chi connectivity index (χ1) is 12.1. The van der Waals surface area contributed by atoms with Gasteiger partial charge in [-0.2, -0.15) is 0 Å². The van der Waals surface area contributed by atoms with Crippen molar-refractivity contribution in [2.24, 2.45) is 4.99 Å². The molecule has 0 atom stereocenters. The number of hydrogen-bond acceptors (Lipinski definition) is 5. The summed E-state index contributed by atoms with van der Waals surface area (Å²) >= 11 is 0. The Labute approximate surface area is 148 Å². The molecule has 1 amide bonds. The highest BCUT2D eigenvalue weighted by Crippen LogP contribution is 2.25. The van der Waals surface area contributed by atoms with Gasteiger partial charge in [0.1, 0.15) is 11.5 Å². The zero-order valence-electron chi connectivity index (χ0n) is 15.3. The summed E-state index contributed by atoms with van der Waals surface area (Å²) in [6.07, 6.45) is 0. The first-order valence-corrected chi connectivity index (χ1v) is 8.13. The van der Waals surface area contributed by atoms with E-state index in [9.17, 15) is 4.79 Å². The number of nitrogens with one attached hydrogen (secondary N) is 3. The maximum absolute atomic E-state index is 11.7. The summed E-state index contributed by atoms with van der Waals surface area (Å²) in [4.78, 5) is 16.2. The normalized spacial score (nSPS) is 11.0. The molecule has 0 aliphatic heterocycles. The van der Waals surface area contributed by atoms with Gasteiger partial charge in [0.25, 0.3) is 0 Å². The van der Waals surface area contributed by atoms with Crippen molar-refractivity contribution in [2.45, 2.75) is 13.5 Å². The number of methoxy groups -OCH3 is 3. The van der Waals surface area contributed by atoms with Crippen LogP contribution in [-0.2, 0) is 16.1 Å². The third-order valence-corrected chi connectivity index (χ3v) is 3.29. The van der Waals surface area contributed by atoms with Crippen molar-refractivity contribution in [3.63, 3.8) is 0 Å². The van der Waals surface area contributed by atoms with E-state index in [-0.39, 0.29) is 12.5 Å². The van der Waals surface area contributed by atoms with Gasteiger partial charge >= 0.3 is 0 Å². The number of aliphatic imine (C=N–C) groups is 1. The van der Waals surface area contributed by atoms with Gasteiger partial charge in [0, 0.05) is 31.8 Å². The fourth-order valence-corrected chi connectivity index (χ4v) is 2.01. The Bertz CT molecular complexity index is 564. The van der Waals surface area contributed by atoms with Crippen LogP contribution in [0.5, 0.6) is 11.5 Å². The van der Waals surface area contributed by atoms with Gasteiger partial charge in [-0.05, 0) is 19.1 Å². The molecule has 8 nitrogen and oxygen atoms in total. The quantitative estimate of drug-likeness (QED) is 0.323. The van der Waals surface area contributed by atoms with Gasteiger partial charge in [0.05, 0.1) is 33.9 Å². The van der Waals surface area contributed by atoms with Crippen molar-refractivity contribution in [3.8, 4) is 11.5 Å². The summed E-state index contributed by atoms with van der Waals surface area (Å²) in [5.74, 6) is 1.87. The van der Waals surface area contributed by atoms with Gasteiger partial charge in [-0.3, -0.25) is 4.79 Å². The van der Waals surface area contributed by atoms with E-state index >= 15 is 0 Å². The summed E-state index contributed by atoms with van der Waals surface area (Å²) in [6.45, 7) is 4.16. The van der Waals surface area contributed by atoms with E-state index in [1.165, 1.54) is 0 Å². The van der Waals surface area contributed by atoms with Crippen molar-refractivity contribution >= 4 is 11.9 Å². The van der Waals surface area contributed by atoms with E-state index in [1.54, 1.807) is 21.3 Å². The van der Waals surface area contributed by atoms with Crippen LogP contribution in [0.3, 0.4) is 0 Å². The van der Waals surface area contributed by atoms with Crippen LogP contribution in [-0.4, -0.2) is 59.4 Å². The average molecular weight is 352 g/mol. The van der Waals surface area contributed by atoms with Gasteiger partial charge < -0.3 is 30.2 Å². The van der Waals surface area contributed by atoms with Crippen molar-refractivity contribution in [1.82, 2.24) is 16.0 Å². The first-order valence-electron chi connectivity index (χ1n) is 8.13. The number of benzene rings is 1. The number of nitrogens with zero attached hydrogens (tertiary/aromatic N) is 1. The minimum atomic E-state index is -0.121. The maximum Gasteiger partial charge on any atom is 0.239 e. The van der Waals surface area contributed by atoms with Crippen molar-refractivity contribution in [3.05, 3.63) is 23.8 Å². The molecule has 0 aromatic heterocycles. The number of carbonyl (C=O) groups is 1. The topological polar surface area (TPSA) is 93.2 Å². The third-order valence-electron chi connectivity index (χ3n) is 3.29. The van der Waals surface area contributed by atoms with Gasteiger partial charge in [0.15, 0.2) is 5.96 Å². The van der Waals surface area contributed by atoms with E-state index in [4.69, 9.17) is 14.2 Å². The second kappa shape index (κ2) is 12.0. The molecule has 0 spiro atoms. The summed E-state index contributed by atoms with van der Waals surface area (Å²) in [6, 6.07) is 5.58. The highest BCUT2D eigenvalue weighted by atomic mass is 16.5. The van der Waals surface area contributed by atoms with E-state index < -0.39 is 0 Å². The second-order valence-electron chi connectivity index (χ2n) is 5.07. The zero-order valence-corrected chi connectivity index (χ0v) is 15.3. The lowest BCUT2D eigenvalue weighted by molar-refractivity contribution is -0.120. The molecular weight excluding hydrogens is 324 g/mol. The van der Waals surface area contributed by atoms with Crippen LogP contribution < -0.4 is 25.4 Å². The van der Waals surface area contributed by atoms with E-state index in [2.05, 4.69) is 20.9 Å². The number of amides is 1. The van der Waals surface area contributed by atoms with Crippen molar-refractivity contribution in [1.29, 1.82) is 0 Å². The standard InChI is InChI=1S/C17H28N4O4/c1-5-18-17(21-12-16(22)19-8-9-23-2)20-11-13-6-7-14(24-3)10-15(13)25-4/h6-7,10H,5,8-9,11-12H2,1-4H3,(H,19,22)(H2,18,20,21). The van der Waals surface area contributed by atoms with Gasteiger partial charge in [-0.25, -0.2) is 4.99 Å². The Morgan fingerprint density at radius 3 is 2.56 bits per heavy atom. The Kier molecular flexibility index (Phi) is 9.84. The summed E-state index contributed by atoms with van der Waals surface area (Å²) < 4.78 is 15.4. The molecular formula is C17H28N4O4. The molecule has 0 fully saturated rings. The maximum atomic E-state index is 11.7. The molecule has 0 saturated heterocycles. The lowest BCUT2D eigenvalue weighted by Gasteiger charge is -2.13. The molecule has 0 aliphatic rings. The molecule has 0 unspecified atom stereocenters. The Morgan fingerprint density at radius 2 is 1.92 bits per heavy atom. The smallest absolute Gasteiger partial charge is 0.239 e. The molecule has 8 heteroatoms. The molecule has 1 rings (SSSR count). The second-order valence-corrected chi connectivity index (χ2v) is 5.07. The van der Waals surface area contributed by atoms with Crippen LogP contribution in [0.15, 0.2) is 23.2 Å². The Hall–Kier alpha value is -2.48. The number of rotatable bonds is 10. The largest absolute Gasteiger partial charge is 0.497 e. The molecule has 0 saturated carbocycles. The third kappa shape index (κ3) is 7.75. The van der Waals surface area contributed by atoms with E-state index in [1.807, 2.05) is 25.1 Å². The Morgan fingerprint density at radius 1 is 1.12 bits per heavy atom.